The van der Waals surface area contributed by atoms with Crippen LogP contribution in [0.4, 0.5) is 0 Å². The van der Waals surface area contributed by atoms with Gasteiger partial charge in [0.25, 0.3) is 0 Å². The summed E-state index contributed by atoms with van der Waals surface area (Å²) in [5.41, 5.74) is 6.87. The van der Waals surface area contributed by atoms with Gasteiger partial charge in [-0.3, -0.25) is 0 Å². The van der Waals surface area contributed by atoms with Crippen molar-refractivity contribution in [3.8, 4) is 23.5 Å². The molecular formula is C31H41BO2. The summed E-state index contributed by atoms with van der Waals surface area (Å²) in [6, 6.07) is 10.9. The van der Waals surface area contributed by atoms with Crippen molar-refractivity contribution in [3.63, 3.8) is 0 Å². The molecule has 0 saturated heterocycles. The van der Waals surface area contributed by atoms with E-state index < -0.39 is 11.2 Å². The summed E-state index contributed by atoms with van der Waals surface area (Å²) in [5.74, 6) is 4.09. The van der Waals surface area contributed by atoms with Crippen LogP contribution in [0, 0.1) is 18.3 Å². The zero-order chi connectivity index (χ0) is 25.5. The topological polar surface area (TPSA) is 29.5 Å². The second-order valence-electron chi connectivity index (χ2n) is 11.4. The molecule has 3 heteroatoms. The number of hydrogen-bond acceptors (Lipinski definition) is 2. The highest BCUT2D eigenvalue weighted by atomic mass is 16.5. The number of rotatable bonds is 7. The molecule has 34 heavy (non-hydrogen) atoms. The minimum atomic E-state index is -0.926. The Morgan fingerprint density at radius 3 is 2.29 bits per heavy atom. The molecule has 1 unspecified atom stereocenters. The first-order valence-corrected chi connectivity index (χ1v) is 12.6. The maximum absolute atomic E-state index is 10.4. The molecule has 0 fully saturated rings. The Labute approximate surface area is 208 Å². The van der Waals surface area contributed by atoms with Crippen molar-refractivity contribution in [2.45, 2.75) is 91.3 Å². The predicted octanol–water partition coefficient (Wildman–Crippen LogP) is 6.33. The maximum Gasteiger partial charge on any atom is 0.309 e. The largest absolute Gasteiger partial charge is 0.427 e. The molecule has 1 aliphatic carbocycles. The molecule has 3 rings (SSSR count). The van der Waals surface area contributed by atoms with Gasteiger partial charge in [0.05, 0.1) is 11.2 Å². The molecular weight excluding hydrogens is 415 g/mol. The summed E-state index contributed by atoms with van der Waals surface area (Å²) in [7, 11) is 0.446. The van der Waals surface area contributed by atoms with Crippen LogP contribution < -0.4 is 5.46 Å². The van der Waals surface area contributed by atoms with Gasteiger partial charge in [-0.2, -0.15) is 0 Å². The summed E-state index contributed by atoms with van der Waals surface area (Å²) in [6.07, 6.45) is 11.5. The first-order chi connectivity index (χ1) is 15.8. The molecule has 0 aromatic heterocycles. The van der Waals surface area contributed by atoms with Crippen LogP contribution >= 0.6 is 0 Å². The molecule has 0 spiro atoms. The van der Waals surface area contributed by atoms with E-state index in [0.29, 0.717) is 19.3 Å². The van der Waals surface area contributed by atoms with E-state index in [-0.39, 0.29) is 5.41 Å². The molecule has 1 aliphatic rings. The summed E-state index contributed by atoms with van der Waals surface area (Å²) in [4.78, 5) is 0. The van der Waals surface area contributed by atoms with Gasteiger partial charge in [-0.05, 0) is 92.2 Å². The average Bonchev–Trinajstić information content (AvgIpc) is 2.96. The van der Waals surface area contributed by atoms with Crippen molar-refractivity contribution in [3.05, 3.63) is 58.7 Å². The van der Waals surface area contributed by atoms with E-state index in [9.17, 15) is 5.11 Å². The fourth-order valence-electron chi connectivity index (χ4n) is 5.14. The number of benzene rings is 2. The predicted molar refractivity (Wildman–Crippen MR) is 148 cm³/mol. The highest BCUT2D eigenvalue weighted by Crippen LogP contribution is 2.54. The van der Waals surface area contributed by atoms with Gasteiger partial charge >= 0.3 is 7.48 Å². The molecule has 2 aromatic rings. The van der Waals surface area contributed by atoms with E-state index in [1.165, 1.54) is 16.7 Å². The van der Waals surface area contributed by atoms with Gasteiger partial charge in [0.2, 0.25) is 0 Å². The Morgan fingerprint density at radius 1 is 1.18 bits per heavy atom. The van der Waals surface area contributed by atoms with Crippen molar-refractivity contribution in [1.82, 2.24) is 0 Å². The first kappa shape index (κ1) is 26.3. The van der Waals surface area contributed by atoms with Crippen molar-refractivity contribution < 1.29 is 9.76 Å². The van der Waals surface area contributed by atoms with Gasteiger partial charge in [-0.15, -0.1) is 6.42 Å². The highest BCUT2D eigenvalue weighted by Gasteiger charge is 2.44. The van der Waals surface area contributed by atoms with Crippen LogP contribution in [-0.2, 0) is 10.1 Å². The van der Waals surface area contributed by atoms with Crippen molar-refractivity contribution >= 4 is 19.0 Å². The van der Waals surface area contributed by atoms with Gasteiger partial charge < -0.3 is 9.76 Å². The molecule has 1 N–H and O–H groups in total. The van der Waals surface area contributed by atoms with E-state index in [2.05, 4.69) is 76.1 Å². The number of allylic oxidation sites excluding steroid dienone is 1. The van der Waals surface area contributed by atoms with E-state index in [1.807, 2.05) is 20.8 Å². The molecule has 2 atom stereocenters. The summed E-state index contributed by atoms with van der Waals surface area (Å²) < 4.78 is 6.06. The fourth-order valence-corrected chi connectivity index (χ4v) is 5.14. The molecule has 0 heterocycles. The highest BCUT2D eigenvalue weighted by molar-refractivity contribution is 6.47. The van der Waals surface area contributed by atoms with Crippen LogP contribution in [0.1, 0.15) is 96.9 Å². The van der Waals surface area contributed by atoms with E-state index >= 15 is 0 Å². The van der Waals surface area contributed by atoms with Crippen LogP contribution in [0.3, 0.4) is 0 Å². The molecule has 0 bridgehead atoms. The quantitative estimate of drug-likeness (QED) is 0.390. The Bertz CT molecular complexity index is 1110. The minimum Gasteiger partial charge on any atom is -0.427 e. The van der Waals surface area contributed by atoms with Gasteiger partial charge in [-0.25, -0.2) is 0 Å². The summed E-state index contributed by atoms with van der Waals surface area (Å²) in [6.45, 7) is 18.8. The van der Waals surface area contributed by atoms with Gasteiger partial charge in [0.1, 0.15) is 0 Å². The van der Waals surface area contributed by atoms with Crippen molar-refractivity contribution in [1.29, 1.82) is 0 Å². The monoisotopic (exact) mass is 456 g/mol. The van der Waals surface area contributed by atoms with Gasteiger partial charge in [-0.1, -0.05) is 75.5 Å². The number of aliphatic hydroxyl groups is 1. The smallest absolute Gasteiger partial charge is 0.309 e. The third-order valence-electron chi connectivity index (χ3n) is 8.47. The number of fused-ring (bicyclic) bond motifs is 1. The summed E-state index contributed by atoms with van der Waals surface area (Å²) >= 11 is 0. The van der Waals surface area contributed by atoms with E-state index in [4.69, 9.17) is 11.1 Å². The second-order valence-corrected chi connectivity index (χ2v) is 11.4. The minimum absolute atomic E-state index is 0.0707. The van der Waals surface area contributed by atoms with E-state index in [0.717, 1.165) is 28.6 Å². The standard InChI is InChI=1S/C31H41BO2/c1-11-14-25-24(13-3)28-23(12-2)20(4)29(5,6)27(28)19-26(25)21-15-17-22(18-16-21)32-34-31(9,10)30(7,8)33/h3,11,14-20,23,32-33H,12H2,1-2,4-10H3/b14-11-/t20?,23-/m0/s1. The van der Waals surface area contributed by atoms with E-state index in [1.54, 1.807) is 13.8 Å². The zero-order valence-corrected chi connectivity index (χ0v) is 22.5. The Balaban J connectivity index is 2.07. The molecule has 0 amide bonds. The lowest BCUT2D eigenvalue weighted by atomic mass is 9.76. The lowest BCUT2D eigenvalue weighted by Crippen LogP contribution is -2.49. The zero-order valence-electron chi connectivity index (χ0n) is 22.5. The third kappa shape index (κ3) is 4.51. The van der Waals surface area contributed by atoms with Crippen molar-refractivity contribution in [2.75, 3.05) is 0 Å². The normalized spacial score (nSPS) is 19.8. The SMILES string of the molecule is C#Cc1c(/C=C\C)c(-c2ccc(BOC(C)(C)C(C)(C)O)cc2)cc2c1[C@@H](CC)C(C)C2(C)C. The number of hydrogen-bond donors (Lipinski definition) is 1. The van der Waals surface area contributed by atoms with Crippen LogP contribution in [0.2, 0.25) is 0 Å². The lowest BCUT2D eigenvalue weighted by molar-refractivity contribution is -0.0893. The van der Waals surface area contributed by atoms with Gasteiger partial charge in [0, 0.05) is 5.56 Å². The summed E-state index contributed by atoms with van der Waals surface area (Å²) in [5, 5.41) is 10.4. The van der Waals surface area contributed by atoms with Crippen LogP contribution in [-0.4, -0.2) is 23.8 Å². The molecule has 2 aromatic carbocycles. The molecule has 0 saturated carbocycles. The van der Waals surface area contributed by atoms with Crippen LogP contribution in [0.15, 0.2) is 36.4 Å². The lowest BCUT2D eigenvalue weighted by Gasteiger charge is -2.37. The van der Waals surface area contributed by atoms with Gasteiger partial charge in [0.15, 0.2) is 0 Å². The average molecular weight is 456 g/mol. The molecule has 0 radical (unpaired) electrons. The molecule has 2 nitrogen and oxygen atoms in total. The first-order valence-electron chi connectivity index (χ1n) is 12.6. The van der Waals surface area contributed by atoms with Crippen LogP contribution in [0.25, 0.3) is 17.2 Å². The number of terminal acetylenes is 1. The Kier molecular flexibility index (Phi) is 7.28. The Hall–Kier alpha value is -2.28. The van der Waals surface area contributed by atoms with Crippen LogP contribution in [0.5, 0.6) is 0 Å². The Morgan fingerprint density at radius 2 is 1.79 bits per heavy atom. The maximum atomic E-state index is 10.4. The van der Waals surface area contributed by atoms with Crippen molar-refractivity contribution in [2.24, 2.45) is 5.92 Å². The molecule has 180 valence electrons. The fraction of sp³-hybridized carbons (Fsp3) is 0.484. The molecule has 0 aliphatic heterocycles. The third-order valence-corrected chi connectivity index (χ3v) is 8.47. The second kappa shape index (κ2) is 9.41.